The number of nitrogens with zero attached hydrogens (tertiary/aromatic N) is 2. The van der Waals surface area contributed by atoms with Crippen molar-refractivity contribution in [3.63, 3.8) is 0 Å². The monoisotopic (exact) mass is 818 g/mol. The molecule has 24 heteroatoms. The summed E-state index contributed by atoms with van der Waals surface area (Å²) in [7, 11) is 0. The zero-order valence-corrected chi connectivity index (χ0v) is 32.4. The molecule has 24 nitrogen and oxygen atoms in total. The molecule has 0 saturated carbocycles. The van der Waals surface area contributed by atoms with Crippen molar-refractivity contribution in [1.82, 2.24) is 62.5 Å². The van der Waals surface area contributed by atoms with Crippen molar-refractivity contribution in [2.75, 3.05) is 26.2 Å². The van der Waals surface area contributed by atoms with Crippen molar-refractivity contribution in [3.8, 4) is 0 Å². The molecule has 0 aliphatic carbocycles. The second-order valence-electron chi connectivity index (χ2n) is 13.5. The summed E-state index contributed by atoms with van der Waals surface area (Å²) >= 11 is 0. The summed E-state index contributed by atoms with van der Waals surface area (Å²) in [6, 6.07) is -5.31. The SMILES string of the molecule is CC(=O)N[C@@H](CCC(=O)O)C(=O)NCC(CNC(=O)[C@H](CC(=O)O)NC(C)=O)(CNC(=O)[C@H](Cc1cnc[nH]1)NC(C)=O)CNC(=O)[C@H](Cc1cnc[nH]1)NC(C)=O. The Morgan fingerprint density at radius 1 is 0.552 bits per heavy atom. The van der Waals surface area contributed by atoms with Gasteiger partial charge >= 0.3 is 11.9 Å². The predicted octanol–water partition coefficient (Wildman–Crippen LogP) is -4.27. The highest BCUT2D eigenvalue weighted by molar-refractivity contribution is 5.91. The number of H-pyrrole nitrogens is 2. The van der Waals surface area contributed by atoms with Gasteiger partial charge in [-0.2, -0.15) is 0 Å². The fourth-order valence-corrected chi connectivity index (χ4v) is 5.52. The molecule has 2 aromatic rings. The molecule has 0 aromatic carbocycles. The minimum absolute atomic E-state index is 0.0514. The lowest BCUT2D eigenvalue weighted by Crippen LogP contribution is -2.61. The van der Waals surface area contributed by atoms with Crippen LogP contribution in [0.2, 0.25) is 0 Å². The minimum Gasteiger partial charge on any atom is -0.481 e. The normalized spacial score (nSPS) is 13.0. The third kappa shape index (κ3) is 17.7. The second-order valence-corrected chi connectivity index (χ2v) is 13.5. The number of carbonyl (C=O) groups excluding carboxylic acids is 8. The summed E-state index contributed by atoms with van der Waals surface area (Å²) in [5.41, 5.74) is -0.709. The van der Waals surface area contributed by atoms with Crippen LogP contribution < -0.4 is 42.5 Å². The van der Waals surface area contributed by atoms with Crippen LogP contribution in [0.5, 0.6) is 0 Å². The maximum Gasteiger partial charge on any atom is 0.305 e. The third-order valence-electron chi connectivity index (χ3n) is 8.31. The van der Waals surface area contributed by atoms with E-state index >= 15 is 0 Å². The van der Waals surface area contributed by atoms with Gasteiger partial charge in [0.15, 0.2) is 0 Å². The standard InChI is InChI=1S/C34H50N12O12/c1-18(47)43-24(5-6-28(51)52)30(55)37-12-34(15-40-33(58)27(9-29(53)54)46-21(4)50,13-38-31(56)25(44-19(2)48)7-22-10-35-16-41-22)14-39-32(57)26(45-20(3)49)8-23-11-36-17-42-23/h10-11,16-17,24-27H,5-9,12-15H2,1-4H3,(H,35,41)(H,36,42)(H,37,55)(H,38,56)(H,39,57)(H,40,58)(H,43,47)(H,44,48)(H,45,49)(H,46,50)(H,51,52)(H,53,54)/t24-,25-,26-,27-/m0/s1. The molecule has 2 heterocycles. The number of imidazole rings is 2. The number of carbonyl (C=O) groups is 10. The van der Waals surface area contributed by atoms with Gasteiger partial charge in [-0.25, -0.2) is 9.97 Å². The number of amides is 8. The minimum atomic E-state index is -1.66. The Bertz CT molecular complexity index is 1680. The molecule has 12 N–H and O–H groups in total. The first-order valence-corrected chi connectivity index (χ1v) is 17.9. The van der Waals surface area contributed by atoms with Crippen molar-refractivity contribution in [2.24, 2.45) is 5.41 Å². The summed E-state index contributed by atoms with van der Waals surface area (Å²) in [6.07, 6.45) is 3.81. The number of aromatic nitrogens is 4. The van der Waals surface area contributed by atoms with E-state index < -0.39 is 128 Å². The van der Waals surface area contributed by atoms with E-state index in [1.165, 1.54) is 38.9 Å². The van der Waals surface area contributed by atoms with E-state index in [0.717, 1.165) is 13.8 Å². The molecule has 2 aromatic heterocycles. The molecule has 0 unspecified atom stereocenters. The van der Waals surface area contributed by atoms with E-state index in [9.17, 15) is 58.2 Å². The average molecular weight is 819 g/mol. The number of nitrogens with one attached hydrogen (secondary N) is 10. The summed E-state index contributed by atoms with van der Waals surface area (Å²) < 4.78 is 0. The van der Waals surface area contributed by atoms with Gasteiger partial charge in [-0.1, -0.05) is 0 Å². The first-order valence-electron chi connectivity index (χ1n) is 17.9. The molecule has 0 aliphatic heterocycles. The number of aromatic amines is 2. The molecule has 0 spiro atoms. The van der Waals surface area contributed by atoms with E-state index in [2.05, 4.69) is 62.5 Å². The van der Waals surface area contributed by atoms with Crippen molar-refractivity contribution >= 4 is 59.2 Å². The summed E-state index contributed by atoms with van der Waals surface area (Å²) in [6.45, 7) is 2.51. The molecule has 0 aliphatic rings. The maximum absolute atomic E-state index is 13.7. The van der Waals surface area contributed by atoms with Gasteiger partial charge in [-0.3, -0.25) is 47.9 Å². The van der Waals surface area contributed by atoms with Gasteiger partial charge < -0.3 is 62.7 Å². The molecule has 0 radical (unpaired) electrons. The summed E-state index contributed by atoms with van der Waals surface area (Å²) in [5.74, 6) is -8.58. The van der Waals surface area contributed by atoms with Crippen molar-refractivity contribution in [2.45, 2.75) is 84.0 Å². The van der Waals surface area contributed by atoms with Gasteiger partial charge in [0.1, 0.15) is 24.2 Å². The van der Waals surface area contributed by atoms with Crippen LogP contribution in [0.25, 0.3) is 0 Å². The molecule has 0 bridgehead atoms. The molecule has 0 fully saturated rings. The largest absolute Gasteiger partial charge is 0.481 e. The van der Waals surface area contributed by atoms with Gasteiger partial charge in [0, 0.05) is 102 Å². The highest BCUT2D eigenvalue weighted by Gasteiger charge is 2.37. The number of carboxylic acids is 2. The van der Waals surface area contributed by atoms with Crippen LogP contribution in [0, 0.1) is 5.41 Å². The maximum atomic E-state index is 13.7. The van der Waals surface area contributed by atoms with Crippen LogP contribution in [0.1, 0.15) is 58.3 Å². The van der Waals surface area contributed by atoms with Crippen LogP contribution in [0.3, 0.4) is 0 Å². The van der Waals surface area contributed by atoms with Crippen LogP contribution in [0.4, 0.5) is 0 Å². The lowest BCUT2D eigenvalue weighted by atomic mass is 9.86. The molecule has 4 atom stereocenters. The fourth-order valence-electron chi connectivity index (χ4n) is 5.52. The number of aliphatic carboxylic acids is 2. The highest BCUT2D eigenvalue weighted by Crippen LogP contribution is 2.16. The van der Waals surface area contributed by atoms with Gasteiger partial charge in [-0.05, 0) is 6.42 Å². The molecular weight excluding hydrogens is 768 g/mol. The number of carboxylic acid groups (broad SMARTS) is 2. The predicted molar refractivity (Wildman–Crippen MR) is 199 cm³/mol. The van der Waals surface area contributed by atoms with Crippen molar-refractivity contribution < 1.29 is 58.2 Å². The van der Waals surface area contributed by atoms with Crippen LogP contribution in [-0.4, -0.2) is 140 Å². The smallest absolute Gasteiger partial charge is 0.305 e. The Hall–Kier alpha value is -6.88. The Morgan fingerprint density at radius 2 is 0.897 bits per heavy atom. The lowest BCUT2D eigenvalue weighted by Gasteiger charge is -2.36. The van der Waals surface area contributed by atoms with E-state index in [0.29, 0.717) is 11.4 Å². The van der Waals surface area contributed by atoms with Gasteiger partial charge in [0.25, 0.3) is 0 Å². The quantitative estimate of drug-likeness (QED) is 0.0452. The molecule has 8 amide bonds. The fraction of sp³-hybridized carbons (Fsp3) is 0.529. The van der Waals surface area contributed by atoms with Gasteiger partial charge in [-0.15, -0.1) is 0 Å². The zero-order chi connectivity index (χ0) is 43.4. The molecule has 0 saturated heterocycles. The third-order valence-corrected chi connectivity index (χ3v) is 8.31. The number of rotatable bonds is 25. The topological polar surface area (TPSA) is 365 Å². The molecule has 2 rings (SSSR count). The summed E-state index contributed by atoms with van der Waals surface area (Å²) in [4.78, 5) is 139. The first kappa shape index (κ1) is 47.3. The summed E-state index contributed by atoms with van der Waals surface area (Å²) in [5, 5.41) is 38.7. The van der Waals surface area contributed by atoms with Gasteiger partial charge in [0.2, 0.25) is 47.3 Å². The average Bonchev–Trinajstić information content (AvgIpc) is 3.85. The highest BCUT2D eigenvalue weighted by atomic mass is 16.4. The van der Waals surface area contributed by atoms with E-state index in [1.807, 2.05) is 0 Å². The Labute approximate surface area is 331 Å². The molecular formula is C34H50N12O12. The van der Waals surface area contributed by atoms with E-state index in [4.69, 9.17) is 0 Å². The van der Waals surface area contributed by atoms with Gasteiger partial charge in [0.05, 0.1) is 19.1 Å². The first-order chi connectivity index (χ1) is 27.3. The van der Waals surface area contributed by atoms with E-state index in [-0.39, 0.29) is 19.3 Å². The van der Waals surface area contributed by atoms with E-state index in [1.54, 1.807) is 0 Å². The van der Waals surface area contributed by atoms with Crippen molar-refractivity contribution in [3.05, 3.63) is 36.4 Å². The number of hydrogen-bond donors (Lipinski definition) is 12. The molecule has 318 valence electrons. The Kier molecular flexibility index (Phi) is 18.9. The Balaban J connectivity index is 2.60. The Morgan fingerprint density at radius 3 is 1.22 bits per heavy atom. The van der Waals surface area contributed by atoms with Crippen molar-refractivity contribution in [1.29, 1.82) is 0 Å². The van der Waals surface area contributed by atoms with Crippen LogP contribution in [-0.2, 0) is 60.8 Å². The zero-order valence-electron chi connectivity index (χ0n) is 32.4. The second kappa shape index (κ2) is 23.2. The molecule has 58 heavy (non-hydrogen) atoms. The number of hydrogen-bond acceptors (Lipinski definition) is 12. The van der Waals surface area contributed by atoms with Crippen LogP contribution >= 0.6 is 0 Å². The van der Waals surface area contributed by atoms with Crippen LogP contribution in [0.15, 0.2) is 25.0 Å². The lowest BCUT2D eigenvalue weighted by molar-refractivity contribution is -0.141.